The zero-order chi connectivity index (χ0) is 14.5. The van der Waals surface area contributed by atoms with Crippen LogP contribution in [0.15, 0.2) is 47.4 Å². The van der Waals surface area contributed by atoms with E-state index in [0.717, 1.165) is 12.1 Å². The van der Waals surface area contributed by atoms with E-state index >= 15 is 0 Å². The van der Waals surface area contributed by atoms with Gasteiger partial charge >= 0.3 is 0 Å². The minimum Gasteiger partial charge on any atom is -0.507 e. The van der Waals surface area contributed by atoms with Crippen molar-refractivity contribution in [3.8, 4) is 11.5 Å². The summed E-state index contributed by atoms with van der Waals surface area (Å²) in [4.78, 5) is -0.465. The molecule has 0 aliphatic heterocycles. The first kappa shape index (κ1) is 12.7. The summed E-state index contributed by atoms with van der Waals surface area (Å²) in [5.41, 5.74) is 0. The normalized spacial score (nSPS) is 12.1. The number of benzene rings is 3. The highest BCUT2D eigenvalue weighted by atomic mass is 32.2. The highest BCUT2D eigenvalue weighted by Gasteiger charge is 2.16. The Morgan fingerprint density at radius 1 is 0.850 bits per heavy atom. The molecule has 3 rings (SSSR count). The van der Waals surface area contributed by atoms with Crippen LogP contribution in [-0.2, 0) is 10.1 Å². The first-order chi connectivity index (χ1) is 9.38. The summed E-state index contributed by atoms with van der Waals surface area (Å²) >= 11 is 0. The summed E-state index contributed by atoms with van der Waals surface area (Å²) in [6.45, 7) is 0. The van der Waals surface area contributed by atoms with E-state index in [4.69, 9.17) is 4.55 Å². The third kappa shape index (κ3) is 1.86. The predicted molar refractivity (Wildman–Crippen MR) is 74.6 cm³/mol. The highest BCUT2D eigenvalue weighted by Crippen LogP contribution is 2.39. The molecular weight excluding hydrogens is 280 g/mol. The number of hydrogen-bond acceptors (Lipinski definition) is 4. The molecule has 0 aliphatic carbocycles. The SMILES string of the molecule is O=S(=O)(O)c1cc(O)c2cc3ccccc3c(O)c2c1. The summed E-state index contributed by atoms with van der Waals surface area (Å²) in [6.07, 6.45) is 0. The van der Waals surface area contributed by atoms with E-state index in [-0.39, 0.29) is 16.9 Å². The monoisotopic (exact) mass is 290 g/mol. The van der Waals surface area contributed by atoms with Gasteiger partial charge in [0, 0.05) is 22.2 Å². The summed E-state index contributed by atoms with van der Waals surface area (Å²) in [5.74, 6) is -0.463. The molecule has 0 saturated carbocycles. The lowest BCUT2D eigenvalue weighted by atomic mass is 10.0. The second-order valence-corrected chi connectivity index (χ2v) is 5.88. The smallest absolute Gasteiger partial charge is 0.294 e. The summed E-state index contributed by atoms with van der Waals surface area (Å²) < 4.78 is 31.4. The van der Waals surface area contributed by atoms with Gasteiger partial charge in [-0.2, -0.15) is 8.42 Å². The topological polar surface area (TPSA) is 94.8 Å². The lowest BCUT2D eigenvalue weighted by Crippen LogP contribution is -1.97. The van der Waals surface area contributed by atoms with Crippen molar-refractivity contribution in [1.82, 2.24) is 0 Å². The molecule has 6 heteroatoms. The Bertz CT molecular complexity index is 945. The summed E-state index contributed by atoms with van der Waals surface area (Å²) in [5, 5.41) is 21.9. The average molecular weight is 290 g/mol. The molecule has 0 spiro atoms. The molecule has 0 atom stereocenters. The predicted octanol–water partition coefficient (Wildman–Crippen LogP) is 2.65. The van der Waals surface area contributed by atoms with E-state index in [1.807, 2.05) is 0 Å². The van der Waals surface area contributed by atoms with Gasteiger partial charge in [-0.25, -0.2) is 0 Å². The van der Waals surface area contributed by atoms with E-state index in [1.54, 1.807) is 30.3 Å². The number of fused-ring (bicyclic) bond motifs is 2. The van der Waals surface area contributed by atoms with Crippen LogP contribution in [0.25, 0.3) is 21.5 Å². The maximum Gasteiger partial charge on any atom is 0.294 e. The largest absolute Gasteiger partial charge is 0.507 e. The number of rotatable bonds is 1. The van der Waals surface area contributed by atoms with Gasteiger partial charge in [-0.3, -0.25) is 4.55 Å². The molecule has 0 saturated heterocycles. The van der Waals surface area contributed by atoms with Crippen LogP contribution in [0.1, 0.15) is 0 Å². The molecule has 0 heterocycles. The number of aromatic hydroxyl groups is 2. The first-order valence-corrected chi connectivity index (χ1v) is 7.17. The van der Waals surface area contributed by atoms with Gasteiger partial charge in [0.15, 0.2) is 0 Å². The number of phenols is 2. The lowest BCUT2D eigenvalue weighted by molar-refractivity contribution is 0.469. The van der Waals surface area contributed by atoms with E-state index < -0.39 is 15.0 Å². The van der Waals surface area contributed by atoms with Gasteiger partial charge < -0.3 is 10.2 Å². The van der Waals surface area contributed by atoms with Crippen LogP contribution in [0.2, 0.25) is 0 Å². The quantitative estimate of drug-likeness (QED) is 0.473. The van der Waals surface area contributed by atoms with Crippen LogP contribution < -0.4 is 0 Å². The second-order valence-electron chi connectivity index (χ2n) is 4.46. The molecular formula is C14H10O5S. The van der Waals surface area contributed by atoms with Crippen molar-refractivity contribution in [1.29, 1.82) is 0 Å². The van der Waals surface area contributed by atoms with Gasteiger partial charge in [0.25, 0.3) is 10.1 Å². The Kier molecular flexibility index (Phi) is 2.60. The molecule has 0 aromatic heterocycles. The molecule has 0 unspecified atom stereocenters. The fourth-order valence-corrected chi connectivity index (χ4v) is 2.78. The van der Waals surface area contributed by atoms with Gasteiger partial charge in [-0.1, -0.05) is 24.3 Å². The Hall–Kier alpha value is -2.31. The zero-order valence-electron chi connectivity index (χ0n) is 10.1. The van der Waals surface area contributed by atoms with Crippen LogP contribution in [-0.4, -0.2) is 23.2 Å². The molecule has 3 N–H and O–H groups in total. The minimum absolute atomic E-state index is 0.140. The maximum absolute atomic E-state index is 11.2. The van der Waals surface area contributed by atoms with Gasteiger partial charge in [-0.05, 0) is 17.5 Å². The Balaban J connectivity index is 2.53. The van der Waals surface area contributed by atoms with Crippen molar-refractivity contribution in [2.24, 2.45) is 0 Å². The Morgan fingerprint density at radius 2 is 1.55 bits per heavy atom. The third-order valence-corrected chi connectivity index (χ3v) is 4.03. The van der Waals surface area contributed by atoms with Crippen LogP contribution in [0.5, 0.6) is 11.5 Å². The molecule has 3 aromatic carbocycles. The fourth-order valence-electron chi connectivity index (χ4n) is 2.25. The summed E-state index contributed by atoms with van der Waals surface area (Å²) in [7, 11) is -4.46. The third-order valence-electron chi connectivity index (χ3n) is 3.20. The molecule has 0 radical (unpaired) electrons. The van der Waals surface area contributed by atoms with Gasteiger partial charge in [0.2, 0.25) is 0 Å². The van der Waals surface area contributed by atoms with Crippen LogP contribution in [0.3, 0.4) is 0 Å². The average Bonchev–Trinajstić information content (AvgIpc) is 2.39. The van der Waals surface area contributed by atoms with Crippen molar-refractivity contribution in [3.63, 3.8) is 0 Å². The van der Waals surface area contributed by atoms with Gasteiger partial charge in [0.1, 0.15) is 11.5 Å². The van der Waals surface area contributed by atoms with Crippen molar-refractivity contribution in [3.05, 3.63) is 42.5 Å². The lowest BCUT2D eigenvalue weighted by Gasteiger charge is -2.09. The molecule has 20 heavy (non-hydrogen) atoms. The Morgan fingerprint density at radius 3 is 2.25 bits per heavy atom. The van der Waals surface area contributed by atoms with Gasteiger partial charge in [0.05, 0.1) is 4.90 Å². The molecule has 0 fully saturated rings. The molecule has 5 nitrogen and oxygen atoms in total. The second kappa shape index (κ2) is 4.09. The Labute approximate surface area is 114 Å². The van der Waals surface area contributed by atoms with Crippen LogP contribution in [0.4, 0.5) is 0 Å². The van der Waals surface area contributed by atoms with E-state index in [9.17, 15) is 18.6 Å². The highest BCUT2D eigenvalue weighted by molar-refractivity contribution is 7.85. The molecule has 0 aliphatic rings. The number of phenolic OH excluding ortho intramolecular Hbond substituents is 2. The van der Waals surface area contributed by atoms with Gasteiger partial charge in [-0.15, -0.1) is 0 Å². The fraction of sp³-hybridized carbons (Fsp3) is 0. The number of hydrogen-bond donors (Lipinski definition) is 3. The van der Waals surface area contributed by atoms with Crippen molar-refractivity contribution >= 4 is 31.7 Å². The standard InChI is InChI=1S/C14H10O5S/c15-13-7-9(20(17,18)19)6-12-11(13)5-8-3-1-2-4-10(8)14(12)16/h1-7,15-16H,(H,17,18,19). The zero-order valence-corrected chi connectivity index (χ0v) is 10.9. The van der Waals surface area contributed by atoms with Crippen molar-refractivity contribution < 1.29 is 23.2 Å². The van der Waals surface area contributed by atoms with Crippen molar-refractivity contribution in [2.75, 3.05) is 0 Å². The van der Waals surface area contributed by atoms with Crippen molar-refractivity contribution in [2.45, 2.75) is 4.90 Å². The first-order valence-electron chi connectivity index (χ1n) is 5.73. The van der Waals surface area contributed by atoms with Crippen LogP contribution >= 0.6 is 0 Å². The van der Waals surface area contributed by atoms with E-state index in [2.05, 4.69) is 0 Å². The molecule has 3 aromatic rings. The van der Waals surface area contributed by atoms with E-state index in [0.29, 0.717) is 16.2 Å². The molecule has 0 bridgehead atoms. The maximum atomic E-state index is 11.2. The molecule has 102 valence electrons. The summed E-state index contributed by atoms with van der Waals surface area (Å²) in [6, 6.07) is 10.7. The molecule has 0 amide bonds. The van der Waals surface area contributed by atoms with Crippen LogP contribution in [0, 0.1) is 0 Å². The van der Waals surface area contributed by atoms with E-state index in [1.165, 1.54) is 0 Å². The minimum atomic E-state index is -4.46.